The van der Waals surface area contributed by atoms with E-state index in [4.69, 9.17) is 16.6 Å². The lowest BCUT2D eigenvalue weighted by Gasteiger charge is -2.35. The molecule has 6 heteroatoms. The van der Waals surface area contributed by atoms with E-state index in [9.17, 15) is 4.79 Å². The van der Waals surface area contributed by atoms with Crippen LogP contribution in [0.5, 0.6) is 0 Å². The van der Waals surface area contributed by atoms with Crippen LogP contribution in [-0.4, -0.2) is 48.0 Å². The molecule has 0 bridgehead atoms. The molecule has 0 spiro atoms. The molecule has 5 nitrogen and oxygen atoms in total. The van der Waals surface area contributed by atoms with E-state index >= 15 is 0 Å². The van der Waals surface area contributed by atoms with E-state index in [-0.39, 0.29) is 11.8 Å². The lowest BCUT2D eigenvalue weighted by molar-refractivity contribution is -0.136. The third kappa shape index (κ3) is 4.40. The average Bonchev–Trinajstić information content (AvgIpc) is 3.28. The van der Waals surface area contributed by atoms with Gasteiger partial charge in [0.1, 0.15) is 0 Å². The molecule has 0 radical (unpaired) electrons. The number of hydrogen-bond donors (Lipinski definition) is 0. The van der Waals surface area contributed by atoms with Gasteiger partial charge in [-0.2, -0.15) is 0 Å². The van der Waals surface area contributed by atoms with Crippen molar-refractivity contribution in [2.24, 2.45) is 5.92 Å². The SMILES string of the molecule is CN(C)c1ncc(-c2cccc(Cl)c2)c(C2CCCN(C(=O)C3CCCC3)C2)n1. The van der Waals surface area contributed by atoms with Crippen molar-refractivity contribution in [1.82, 2.24) is 14.9 Å². The molecular weight excluding hydrogens is 384 g/mol. The van der Waals surface area contributed by atoms with Crippen molar-refractivity contribution in [2.45, 2.75) is 44.4 Å². The predicted octanol–water partition coefficient (Wildman–Crippen LogP) is 4.76. The molecule has 154 valence electrons. The topological polar surface area (TPSA) is 49.3 Å². The van der Waals surface area contributed by atoms with Gasteiger partial charge in [-0.1, -0.05) is 36.6 Å². The van der Waals surface area contributed by atoms with Gasteiger partial charge in [0.25, 0.3) is 0 Å². The van der Waals surface area contributed by atoms with E-state index in [0.29, 0.717) is 16.9 Å². The molecule has 2 heterocycles. The minimum absolute atomic E-state index is 0.213. The standard InChI is InChI=1S/C23H29ClN4O/c1-27(2)23-25-14-20(17-9-5-11-19(24)13-17)21(26-23)18-10-6-12-28(15-18)22(29)16-7-3-4-8-16/h5,9,11,13-14,16,18H,3-4,6-8,10,12,15H2,1-2H3. The van der Waals surface area contributed by atoms with Crippen molar-refractivity contribution >= 4 is 23.5 Å². The molecule has 1 atom stereocenters. The maximum absolute atomic E-state index is 13.0. The lowest BCUT2D eigenvalue weighted by Crippen LogP contribution is -2.42. The summed E-state index contributed by atoms with van der Waals surface area (Å²) >= 11 is 6.25. The van der Waals surface area contributed by atoms with Crippen LogP contribution >= 0.6 is 11.6 Å². The number of carbonyl (C=O) groups is 1. The number of amides is 1. The molecule has 29 heavy (non-hydrogen) atoms. The second kappa shape index (κ2) is 8.70. The van der Waals surface area contributed by atoms with Gasteiger partial charge in [0.15, 0.2) is 0 Å². The fourth-order valence-electron chi connectivity index (χ4n) is 4.62. The lowest BCUT2D eigenvalue weighted by atomic mass is 9.89. The molecule has 2 aliphatic rings. The van der Waals surface area contributed by atoms with E-state index in [1.165, 1.54) is 12.8 Å². The third-order valence-corrected chi connectivity index (χ3v) is 6.40. The van der Waals surface area contributed by atoms with Crippen molar-refractivity contribution < 1.29 is 4.79 Å². The minimum atomic E-state index is 0.213. The van der Waals surface area contributed by atoms with Crippen molar-refractivity contribution in [3.05, 3.63) is 41.2 Å². The van der Waals surface area contributed by atoms with Crippen LogP contribution in [0.1, 0.15) is 50.1 Å². The highest BCUT2D eigenvalue weighted by Gasteiger charge is 2.32. The van der Waals surface area contributed by atoms with Crippen LogP contribution in [0.25, 0.3) is 11.1 Å². The van der Waals surface area contributed by atoms with Gasteiger partial charge >= 0.3 is 0 Å². The van der Waals surface area contributed by atoms with Crippen LogP contribution in [0.4, 0.5) is 5.95 Å². The first-order chi connectivity index (χ1) is 14.0. The number of anilines is 1. The Morgan fingerprint density at radius 2 is 1.97 bits per heavy atom. The van der Waals surface area contributed by atoms with E-state index < -0.39 is 0 Å². The molecule has 1 aliphatic carbocycles. The van der Waals surface area contributed by atoms with Gasteiger partial charge in [-0.05, 0) is 43.4 Å². The maximum atomic E-state index is 13.0. The van der Waals surface area contributed by atoms with Crippen LogP contribution in [0.3, 0.4) is 0 Å². The van der Waals surface area contributed by atoms with Crippen LogP contribution < -0.4 is 4.90 Å². The van der Waals surface area contributed by atoms with Gasteiger partial charge in [-0.3, -0.25) is 4.79 Å². The normalized spacial score (nSPS) is 20.1. The monoisotopic (exact) mass is 412 g/mol. The highest BCUT2D eigenvalue weighted by Crippen LogP contribution is 2.36. The van der Waals surface area contributed by atoms with Gasteiger partial charge in [-0.15, -0.1) is 0 Å². The Kier molecular flexibility index (Phi) is 6.04. The average molecular weight is 413 g/mol. The highest BCUT2D eigenvalue weighted by molar-refractivity contribution is 6.30. The Morgan fingerprint density at radius 1 is 1.17 bits per heavy atom. The number of piperidine rings is 1. The van der Waals surface area contributed by atoms with E-state index in [1.54, 1.807) is 0 Å². The van der Waals surface area contributed by atoms with Crippen molar-refractivity contribution in [3.63, 3.8) is 0 Å². The number of nitrogens with zero attached hydrogens (tertiary/aromatic N) is 4. The summed E-state index contributed by atoms with van der Waals surface area (Å²) in [6.07, 6.45) is 8.42. The summed E-state index contributed by atoms with van der Waals surface area (Å²) in [5.74, 6) is 1.48. The zero-order chi connectivity index (χ0) is 20.4. The van der Waals surface area contributed by atoms with Crippen LogP contribution in [0.2, 0.25) is 5.02 Å². The van der Waals surface area contributed by atoms with Crippen LogP contribution in [0.15, 0.2) is 30.5 Å². The molecule has 1 amide bonds. The van der Waals surface area contributed by atoms with Gasteiger partial charge < -0.3 is 9.80 Å². The van der Waals surface area contributed by atoms with E-state index in [0.717, 1.165) is 55.6 Å². The molecule has 1 saturated carbocycles. The minimum Gasteiger partial charge on any atom is -0.347 e. The summed E-state index contributed by atoms with van der Waals surface area (Å²) in [5, 5.41) is 0.701. The van der Waals surface area contributed by atoms with Gasteiger partial charge in [0.2, 0.25) is 11.9 Å². The number of halogens is 1. The van der Waals surface area contributed by atoms with Crippen LogP contribution in [0, 0.1) is 5.92 Å². The number of rotatable bonds is 4. The number of aromatic nitrogens is 2. The molecule has 2 aromatic rings. The van der Waals surface area contributed by atoms with Gasteiger partial charge in [0.05, 0.1) is 5.69 Å². The molecule has 1 aliphatic heterocycles. The smallest absolute Gasteiger partial charge is 0.225 e. The number of likely N-dealkylation sites (tertiary alicyclic amines) is 1. The zero-order valence-electron chi connectivity index (χ0n) is 17.3. The summed E-state index contributed by atoms with van der Waals surface area (Å²) in [6, 6.07) is 7.84. The molecule has 1 saturated heterocycles. The predicted molar refractivity (Wildman–Crippen MR) is 117 cm³/mol. The quantitative estimate of drug-likeness (QED) is 0.726. The zero-order valence-corrected chi connectivity index (χ0v) is 18.0. The van der Waals surface area contributed by atoms with Crippen molar-refractivity contribution in [3.8, 4) is 11.1 Å². The molecule has 1 aromatic heterocycles. The summed E-state index contributed by atoms with van der Waals surface area (Å²) in [4.78, 5) is 26.5. The number of carbonyl (C=O) groups excluding carboxylic acids is 1. The Morgan fingerprint density at radius 3 is 2.69 bits per heavy atom. The largest absolute Gasteiger partial charge is 0.347 e. The number of hydrogen-bond acceptors (Lipinski definition) is 4. The maximum Gasteiger partial charge on any atom is 0.225 e. The summed E-state index contributed by atoms with van der Waals surface area (Å²) in [6.45, 7) is 1.61. The molecule has 1 unspecified atom stereocenters. The van der Waals surface area contributed by atoms with Crippen molar-refractivity contribution in [2.75, 3.05) is 32.1 Å². The van der Waals surface area contributed by atoms with Gasteiger partial charge in [0, 0.05) is 55.8 Å². The Bertz CT molecular complexity index is 879. The fourth-order valence-corrected chi connectivity index (χ4v) is 4.81. The first kappa shape index (κ1) is 20.1. The second-order valence-electron chi connectivity index (χ2n) is 8.48. The van der Waals surface area contributed by atoms with E-state index in [2.05, 4.69) is 9.88 Å². The first-order valence-corrected chi connectivity index (χ1v) is 11.0. The summed E-state index contributed by atoms with van der Waals surface area (Å²) in [7, 11) is 3.91. The highest BCUT2D eigenvalue weighted by atomic mass is 35.5. The first-order valence-electron chi connectivity index (χ1n) is 10.6. The van der Waals surface area contributed by atoms with Crippen molar-refractivity contribution in [1.29, 1.82) is 0 Å². The second-order valence-corrected chi connectivity index (χ2v) is 8.91. The Hall–Kier alpha value is -2.14. The molecule has 1 aromatic carbocycles. The van der Waals surface area contributed by atoms with E-state index in [1.807, 2.05) is 49.5 Å². The summed E-state index contributed by atoms with van der Waals surface area (Å²) in [5.41, 5.74) is 3.06. The molecule has 4 rings (SSSR count). The Balaban J connectivity index is 1.66. The Labute approximate surface area is 178 Å². The molecular formula is C23H29ClN4O. The number of benzene rings is 1. The third-order valence-electron chi connectivity index (χ3n) is 6.17. The summed E-state index contributed by atoms with van der Waals surface area (Å²) < 4.78 is 0. The van der Waals surface area contributed by atoms with Gasteiger partial charge in [-0.25, -0.2) is 9.97 Å². The molecule has 0 N–H and O–H groups in total. The molecule has 2 fully saturated rings. The van der Waals surface area contributed by atoms with Crippen LogP contribution in [-0.2, 0) is 4.79 Å². The fraction of sp³-hybridized carbons (Fsp3) is 0.522.